The second-order valence-corrected chi connectivity index (χ2v) is 12.4. The van der Waals surface area contributed by atoms with E-state index in [1.54, 1.807) is 0 Å². The third-order valence-electron chi connectivity index (χ3n) is 8.80. The topological polar surface area (TPSA) is 131 Å². The molecule has 2 aliphatic heterocycles. The van der Waals surface area contributed by atoms with Gasteiger partial charge in [0.15, 0.2) is 0 Å². The highest BCUT2D eigenvalue weighted by Crippen LogP contribution is 2.18. The monoisotopic (exact) mass is 666 g/mol. The van der Waals surface area contributed by atoms with Crippen molar-refractivity contribution in [3.63, 3.8) is 0 Å². The number of rotatable bonds is 11. The van der Waals surface area contributed by atoms with Crippen molar-refractivity contribution in [3.8, 4) is 0 Å². The highest BCUT2D eigenvalue weighted by atomic mass is 16.5. The molecule has 2 fully saturated rings. The van der Waals surface area contributed by atoms with Crippen molar-refractivity contribution >= 4 is 11.9 Å². The number of carbonyl (C=O) groups excluding carboxylic acids is 2. The van der Waals surface area contributed by atoms with E-state index in [1.165, 1.54) is 0 Å². The molecule has 0 aliphatic carbocycles. The molecule has 0 radical (unpaired) electrons. The maximum absolute atomic E-state index is 13.9. The first kappa shape index (κ1) is 37.9. The Balaban J connectivity index is 1.52. The first-order chi connectivity index (χ1) is 23.7. The van der Waals surface area contributed by atoms with Crippen LogP contribution in [0.5, 0.6) is 0 Å². The summed E-state index contributed by atoms with van der Waals surface area (Å²) in [6.45, 7) is 13.3. The van der Waals surface area contributed by atoms with Gasteiger partial charge in [-0.1, -0.05) is 60.7 Å². The van der Waals surface area contributed by atoms with Gasteiger partial charge in [0, 0.05) is 105 Å². The Morgan fingerprint density at radius 3 is 1.08 bits per heavy atom. The molecule has 0 saturated carbocycles. The second kappa shape index (κ2) is 23.4. The molecule has 4 rings (SSSR count). The molecule has 266 valence electrons. The van der Waals surface area contributed by atoms with Crippen molar-refractivity contribution in [2.75, 3.05) is 105 Å². The van der Waals surface area contributed by atoms with Gasteiger partial charge in [-0.2, -0.15) is 0 Å². The third-order valence-corrected chi connectivity index (χ3v) is 8.80. The summed E-state index contributed by atoms with van der Waals surface area (Å²) in [5, 5.41) is 20.9. The Labute approximate surface area is 287 Å². The van der Waals surface area contributed by atoms with Crippen molar-refractivity contribution in [2.24, 2.45) is 0 Å². The van der Waals surface area contributed by atoms with Crippen molar-refractivity contribution in [3.05, 3.63) is 71.8 Å². The Morgan fingerprint density at radius 2 is 0.771 bits per heavy atom. The van der Waals surface area contributed by atoms with Crippen LogP contribution in [0.1, 0.15) is 24.0 Å². The molecule has 2 aliphatic rings. The number of nitrogens with zero attached hydrogens (tertiary/aromatic N) is 2. The van der Waals surface area contributed by atoms with Crippen LogP contribution < -0.4 is 31.9 Å². The Hall–Kier alpha value is -2.94. The molecule has 0 aromatic heterocycles. The van der Waals surface area contributed by atoms with E-state index < -0.39 is 12.1 Å². The van der Waals surface area contributed by atoms with E-state index in [0.717, 1.165) is 89.7 Å². The van der Waals surface area contributed by atoms with Gasteiger partial charge < -0.3 is 41.4 Å². The van der Waals surface area contributed by atoms with E-state index in [9.17, 15) is 9.59 Å². The smallest absolute Gasteiger partial charge is 0.323 e. The van der Waals surface area contributed by atoms with Crippen LogP contribution in [0.15, 0.2) is 60.7 Å². The molecule has 6 N–H and O–H groups in total. The summed E-state index contributed by atoms with van der Waals surface area (Å²) in [5.41, 5.74) is 1.90. The molecular formula is C36H58N8O4. The molecule has 12 heteroatoms. The van der Waals surface area contributed by atoms with Crippen LogP contribution in [0.4, 0.5) is 0 Å². The molecule has 2 saturated heterocycles. The van der Waals surface area contributed by atoms with Gasteiger partial charge in [0.2, 0.25) is 0 Å². The summed E-state index contributed by atoms with van der Waals surface area (Å²) in [7, 11) is 0. The fourth-order valence-corrected chi connectivity index (χ4v) is 6.06. The summed E-state index contributed by atoms with van der Waals surface area (Å²) in [5.74, 6) is -0.512. The number of hydrogen-bond acceptors (Lipinski definition) is 12. The lowest BCUT2D eigenvalue weighted by Gasteiger charge is -2.34. The van der Waals surface area contributed by atoms with Crippen LogP contribution >= 0.6 is 0 Å². The average Bonchev–Trinajstić information content (AvgIpc) is 3.10. The average molecular weight is 667 g/mol. The Morgan fingerprint density at radius 1 is 0.479 bits per heavy atom. The van der Waals surface area contributed by atoms with Crippen molar-refractivity contribution in [1.82, 2.24) is 41.7 Å². The van der Waals surface area contributed by atoms with Crippen LogP contribution in [-0.2, 0) is 32.3 Å². The molecule has 0 amide bonds. The highest BCUT2D eigenvalue weighted by molar-refractivity contribution is 5.77. The molecule has 2 unspecified atom stereocenters. The SMILES string of the molecule is O=C(OCc1ccccc1)C(CCC(C(=O)OCc1ccccc1)N1CCNCCNCCNCC1)N1CCNCCNCCNCC1. The van der Waals surface area contributed by atoms with E-state index in [2.05, 4.69) is 41.7 Å². The van der Waals surface area contributed by atoms with Gasteiger partial charge in [0.25, 0.3) is 0 Å². The summed E-state index contributed by atoms with van der Waals surface area (Å²) >= 11 is 0. The van der Waals surface area contributed by atoms with E-state index in [-0.39, 0.29) is 25.2 Å². The van der Waals surface area contributed by atoms with Gasteiger partial charge in [-0.15, -0.1) is 0 Å². The molecular weight excluding hydrogens is 608 g/mol. The number of nitrogens with one attached hydrogen (secondary N) is 6. The molecule has 12 nitrogen and oxygen atoms in total. The fraction of sp³-hybridized carbons (Fsp3) is 0.611. The molecule has 2 heterocycles. The summed E-state index contributed by atoms with van der Waals surface area (Å²) < 4.78 is 11.9. The quantitative estimate of drug-likeness (QED) is 0.183. The predicted molar refractivity (Wildman–Crippen MR) is 190 cm³/mol. The first-order valence-electron chi connectivity index (χ1n) is 17.8. The third kappa shape index (κ3) is 14.7. The number of ether oxygens (including phenoxy) is 2. The van der Waals surface area contributed by atoms with Crippen LogP contribution in [0.2, 0.25) is 0 Å². The Kier molecular flexibility index (Phi) is 18.5. The summed E-state index contributed by atoms with van der Waals surface area (Å²) in [6, 6.07) is 18.6. The summed E-state index contributed by atoms with van der Waals surface area (Å²) in [6.07, 6.45) is 0.948. The van der Waals surface area contributed by atoms with E-state index >= 15 is 0 Å². The zero-order chi connectivity index (χ0) is 33.5. The van der Waals surface area contributed by atoms with Crippen LogP contribution in [0.25, 0.3) is 0 Å². The minimum Gasteiger partial charge on any atom is -0.460 e. The minimum atomic E-state index is -0.502. The second-order valence-electron chi connectivity index (χ2n) is 12.4. The number of benzene rings is 2. The first-order valence-corrected chi connectivity index (χ1v) is 17.8. The van der Waals surface area contributed by atoms with Gasteiger partial charge in [-0.3, -0.25) is 19.4 Å². The lowest BCUT2D eigenvalue weighted by atomic mass is 10.0. The van der Waals surface area contributed by atoms with Gasteiger partial charge in [0.1, 0.15) is 25.3 Å². The van der Waals surface area contributed by atoms with Crippen LogP contribution in [-0.4, -0.2) is 139 Å². The number of hydrogen-bond donors (Lipinski definition) is 6. The number of carbonyl (C=O) groups is 2. The van der Waals surface area contributed by atoms with Gasteiger partial charge in [-0.05, 0) is 24.0 Å². The largest absolute Gasteiger partial charge is 0.460 e. The zero-order valence-electron chi connectivity index (χ0n) is 28.6. The highest BCUT2D eigenvalue weighted by Gasteiger charge is 2.33. The molecule has 2 aromatic carbocycles. The van der Waals surface area contributed by atoms with E-state index in [4.69, 9.17) is 9.47 Å². The lowest BCUT2D eigenvalue weighted by Crippen LogP contribution is -2.51. The van der Waals surface area contributed by atoms with Crippen molar-refractivity contribution in [2.45, 2.75) is 38.1 Å². The summed E-state index contributed by atoms with van der Waals surface area (Å²) in [4.78, 5) is 32.3. The van der Waals surface area contributed by atoms with Crippen LogP contribution in [0, 0.1) is 0 Å². The fourth-order valence-electron chi connectivity index (χ4n) is 6.06. The van der Waals surface area contributed by atoms with Gasteiger partial charge in [-0.25, -0.2) is 0 Å². The number of esters is 2. The minimum absolute atomic E-state index is 0.215. The molecule has 2 aromatic rings. The normalized spacial score (nSPS) is 20.1. The van der Waals surface area contributed by atoms with E-state index in [0.29, 0.717) is 39.0 Å². The van der Waals surface area contributed by atoms with Crippen molar-refractivity contribution < 1.29 is 19.1 Å². The van der Waals surface area contributed by atoms with Gasteiger partial charge >= 0.3 is 11.9 Å². The van der Waals surface area contributed by atoms with E-state index in [1.807, 2.05) is 60.7 Å². The van der Waals surface area contributed by atoms with Crippen molar-refractivity contribution in [1.29, 1.82) is 0 Å². The standard InChI is InChI=1S/C36H58N8O4/c45-35(47-29-31-7-3-1-4-8-31)33(43-25-21-39-17-13-37-14-18-40-22-26-43)11-12-34(36(46)48-30-32-9-5-2-6-10-32)44-27-23-41-19-15-38-16-20-42-24-28-44/h1-10,33-34,37-42H,11-30H2. The molecule has 48 heavy (non-hydrogen) atoms. The predicted octanol–water partition coefficient (Wildman–Crippen LogP) is 0.159. The molecule has 0 bridgehead atoms. The molecule has 2 atom stereocenters. The lowest BCUT2D eigenvalue weighted by molar-refractivity contribution is -0.155. The Bertz CT molecular complexity index is 1030. The maximum Gasteiger partial charge on any atom is 0.323 e. The molecule has 0 spiro atoms. The zero-order valence-corrected chi connectivity index (χ0v) is 28.6. The maximum atomic E-state index is 13.9. The van der Waals surface area contributed by atoms with Gasteiger partial charge in [0.05, 0.1) is 0 Å². The van der Waals surface area contributed by atoms with Crippen LogP contribution in [0.3, 0.4) is 0 Å².